The summed E-state index contributed by atoms with van der Waals surface area (Å²) in [6, 6.07) is 9.52. The van der Waals surface area contributed by atoms with Gasteiger partial charge in [0.05, 0.1) is 42.1 Å². The van der Waals surface area contributed by atoms with E-state index in [1.165, 1.54) is 18.2 Å². The van der Waals surface area contributed by atoms with E-state index in [9.17, 15) is 18.0 Å². The number of piperidine rings is 1. The van der Waals surface area contributed by atoms with E-state index in [1.807, 2.05) is 13.1 Å². The Morgan fingerprint density at radius 2 is 2.00 bits per heavy atom. The maximum Gasteiger partial charge on any atom is 0.416 e. The predicted octanol–water partition coefficient (Wildman–Crippen LogP) is 4.17. The van der Waals surface area contributed by atoms with E-state index in [2.05, 4.69) is 10.3 Å². The number of methoxy groups -OCH3 is 1. The van der Waals surface area contributed by atoms with Gasteiger partial charge in [-0.05, 0) is 62.1 Å². The molecular weight excluding hydrogens is 473 g/mol. The zero-order valence-corrected chi connectivity index (χ0v) is 19.8. The number of nitrogens with one attached hydrogen (secondary N) is 1. The van der Waals surface area contributed by atoms with Crippen molar-refractivity contribution in [3.8, 4) is 11.4 Å². The largest absolute Gasteiger partial charge is 0.495 e. The lowest BCUT2D eigenvalue weighted by Gasteiger charge is -2.37. The number of ether oxygens (including phenoxy) is 1. The molecule has 1 amide bonds. The summed E-state index contributed by atoms with van der Waals surface area (Å²) in [7, 11) is 1.50. The van der Waals surface area contributed by atoms with Crippen LogP contribution in [0, 0.1) is 6.92 Å². The summed E-state index contributed by atoms with van der Waals surface area (Å²) >= 11 is 0. The zero-order valence-electron chi connectivity index (χ0n) is 19.8. The molecule has 1 aromatic heterocycles. The number of hydrogen-bond acceptors (Lipinski definition) is 6. The minimum atomic E-state index is -4.46. The van der Waals surface area contributed by atoms with E-state index in [0.717, 1.165) is 17.8 Å². The van der Waals surface area contributed by atoms with Crippen molar-refractivity contribution in [1.82, 2.24) is 19.9 Å². The number of allylic oxidation sites excluding steroid dienone is 1. The number of nitrogens with zero attached hydrogens (tertiary/aromatic N) is 3. The lowest BCUT2D eigenvalue weighted by molar-refractivity contribution is -0.137. The van der Waals surface area contributed by atoms with E-state index in [1.54, 1.807) is 35.2 Å². The molecule has 2 heterocycles. The van der Waals surface area contributed by atoms with Crippen molar-refractivity contribution in [1.29, 1.82) is 0 Å². The van der Waals surface area contributed by atoms with Gasteiger partial charge in [-0.1, -0.05) is 12.1 Å². The van der Waals surface area contributed by atoms with Crippen LogP contribution >= 0.6 is 0 Å². The Kier molecular flexibility index (Phi) is 6.93. The van der Waals surface area contributed by atoms with E-state index in [0.29, 0.717) is 47.5 Å². The molecule has 11 heteroatoms. The highest BCUT2D eigenvalue weighted by Gasteiger charge is 2.33. The Hall–Kier alpha value is -3.99. The van der Waals surface area contributed by atoms with E-state index in [4.69, 9.17) is 16.3 Å². The summed E-state index contributed by atoms with van der Waals surface area (Å²) in [5.74, 6) is 6.34. The SMILES string of the molecule is COc1cc(C(=O)N/C(N)=C2\CCCC(c3cccc(C(F)(F)F)c3)N2N)ccc1-n1cnc(C)c1. The van der Waals surface area contributed by atoms with Crippen molar-refractivity contribution in [3.05, 3.63) is 88.9 Å². The molecule has 36 heavy (non-hydrogen) atoms. The first kappa shape index (κ1) is 25.1. The molecule has 190 valence electrons. The summed E-state index contributed by atoms with van der Waals surface area (Å²) in [6.07, 6.45) is 0.695. The fourth-order valence-electron chi connectivity index (χ4n) is 4.29. The minimum absolute atomic E-state index is 0.0486. The van der Waals surface area contributed by atoms with Crippen LogP contribution < -0.4 is 21.6 Å². The molecule has 1 saturated heterocycles. The first-order valence-electron chi connectivity index (χ1n) is 11.3. The highest BCUT2D eigenvalue weighted by molar-refractivity contribution is 5.96. The molecular formula is C25H27F3N6O2. The zero-order chi connectivity index (χ0) is 26.0. The molecule has 5 N–H and O–H groups in total. The van der Waals surface area contributed by atoms with Gasteiger partial charge in [0.1, 0.15) is 11.6 Å². The van der Waals surface area contributed by atoms with Gasteiger partial charge in [-0.15, -0.1) is 0 Å². The van der Waals surface area contributed by atoms with Gasteiger partial charge in [-0.2, -0.15) is 13.2 Å². The van der Waals surface area contributed by atoms with Gasteiger partial charge in [-0.25, -0.2) is 10.8 Å². The van der Waals surface area contributed by atoms with Crippen LogP contribution in [0.25, 0.3) is 5.69 Å². The lowest BCUT2D eigenvalue weighted by Crippen LogP contribution is -2.42. The van der Waals surface area contributed by atoms with Gasteiger partial charge >= 0.3 is 6.18 Å². The smallest absolute Gasteiger partial charge is 0.416 e. The average Bonchev–Trinajstić information content (AvgIpc) is 3.29. The van der Waals surface area contributed by atoms with Crippen LogP contribution in [0.1, 0.15) is 52.5 Å². The third kappa shape index (κ3) is 5.15. The van der Waals surface area contributed by atoms with E-state index < -0.39 is 23.7 Å². The van der Waals surface area contributed by atoms with Gasteiger partial charge in [0.2, 0.25) is 0 Å². The van der Waals surface area contributed by atoms with Gasteiger partial charge in [0.25, 0.3) is 5.91 Å². The normalized spacial score (nSPS) is 17.6. The molecule has 2 aromatic carbocycles. The van der Waals surface area contributed by atoms with Crippen LogP contribution in [-0.4, -0.2) is 27.6 Å². The molecule has 3 aromatic rings. The van der Waals surface area contributed by atoms with Gasteiger partial charge in [-0.3, -0.25) is 4.79 Å². The van der Waals surface area contributed by atoms with Gasteiger partial charge in [0.15, 0.2) is 0 Å². The molecule has 1 atom stereocenters. The van der Waals surface area contributed by atoms with Crippen molar-refractivity contribution in [2.24, 2.45) is 11.6 Å². The standard InChI is InChI=1S/C25H27F3N6O2/c1-15-13-33(14-31-15)20-10-9-17(12-22(20)36-2)24(35)32-23(29)21-8-4-7-19(34(21)30)16-5-3-6-18(11-16)25(26,27)28/h3,5-6,9-14,19H,4,7-8,29-30H2,1-2H3,(H,32,35)/b23-21+. The second-order valence-corrected chi connectivity index (χ2v) is 8.56. The molecule has 1 aliphatic rings. The summed E-state index contributed by atoms with van der Waals surface area (Å²) in [5.41, 5.74) is 8.21. The number of aromatic nitrogens is 2. The number of hydrazine groups is 1. The number of rotatable bonds is 5. The molecule has 1 aliphatic heterocycles. The quantitative estimate of drug-likeness (QED) is 0.454. The first-order chi connectivity index (χ1) is 17.1. The molecule has 0 bridgehead atoms. The predicted molar refractivity (Wildman–Crippen MR) is 128 cm³/mol. The van der Waals surface area contributed by atoms with Crippen molar-refractivity contribution in [2.45, 2.75) is 38.4 Å². The number of carbonyl (C=O) groups excluding carboxylic acids is 1. The fourth-order valence-corrected chi connectivity index (χ4v) is 4.29. The molecule has 0 spiro atoms. The Morgan fingerprint density at radius 1 is 1.22 bits per heavy atom. The Balaban J connectivity index is 1.55. The number of halogens is 3. The van der Waals surface area contributed by atoms with Crippen LogP contribution in [0.5, 0.6) is 5.75 Å². The molecule has 8 nitrogen and oxygen atoms in total. The van der Waals surface area contributed by atoms with Crippen LogP contribution in [-0.2, 0) is 6.18 Å². The average molecular weight is 501 g/mol. The number of amides is 1. The molecule has 0 radical (unpaired) electrons. The highest BCUT2D eigenvalue weighted by Crippen LogP contribution is 2.37. The van der Waals surface area contributed by atoms with E-state index in [-0.39, 0.29) is 5.82 Å². The third-order valence-electron chi connectivity index (χ3n) is 6.13. The molecule has 4 rings (SSSR count). The number of carbonyl (C=O) groups is 1. The van der Waals surface area contributed by atoms with Crippen LogP contribution in [0.4, 0.5) is 13.2 Å². The number of hydrogen-bond donors (Lipinski definition) is 3. The maximum atomic E-state index is 13.2. The summed E-state index contributed by atoms with van der Waals surface area (Å²) in [6.45, 7) is 1.87. The maximum absolute atomic E-state index is 13.2. The molecule has 0 saturated carbocycles. The summed E-state index contributed by atoms with van der Waals surface area (Å²) < 4.78 is 46.8. The van der Waals surface area contributed by atoms with Crippen molar-refractivity contribution in [2.75, 3.05) is 7.11 Å². The Labute approximate surface area is 206 Å². The van der Waals surface area contributed by atoms with Gasteiger partial charge in [0, 0.05) is 11.8 Å². The van der Waals surface area contributed by atoms with Crippen LogP contribution in [0.3, 0.4) is 0 Å². The monoisotopic (exact) mass is 500 g/mol. The summed E-state index contributed by atoms with van der Waals surface area (Å²) in [4.78, 5) is 17.1. The Morgan fingerprint density at radius 3 is 2.67 bits per heavy atom. The van der Waals surface area contributed by atoms with Crippen molar-refractivity contribution < 1.29 is 22.7 Å². The first-order valence-corrected chi connectivity index (χ1v) is 11.3. The number of aryl methyl sites for hydroxylation is 1. The third-order valence-corrected chi connectivity index (χ3v) is 6.13. The highest BCUT2D eigenvalue weighted by atomic mass is 19.4. The van der Waals surface area contributed by atoms with Crippen molar-refractivity contribution >= 4 is 5.91 Å². The fraction of sp³-hybridized carbons (Fsp3) is 0.280. The molecule has 1 fully saturated rings. The number of alkyl halides is 3. The van der Waals surface area contributed by atoms with Crippen LogP contribution in [0.15, 0.2) is 66.5 Å². The molecule has 1 unspecified atom stereocenters. The minimum Gasteiger partial charge on any atom is -0.495 e. The Bertz CT molecular complexity index is 1300. The van der Waals surface area contributed by atoms with Crippen LogP contribution in [0.2, 0.25) is 0 Å². The summed E-state index contributed by atoms with van der Waals surface area (Å²) in [5, 5.41) is 4.01. The van der Waals surface area contributed by atoms with Crippen molar-refractivity contribution in [3.63, 3.8) is 0 Å². The second-order valence-electron chi connectivity index (χ2n) is 8.56. The number of benzene rings is 2. The lowest BCUT2D eigenvalue weighted by atomic mass is 9.93. The number of imidazole rings is 1. The van der Waals surface area contributed by atoms with Gasteiger partial charge < -0.3 is 25.4 Å². The topological polar surface area (TPSA) is 111 Å². The number of nitrogens with two attached hydrogens (primary N) is 2. The second kappa shape index (κ2) is 9.94. The van der Waals surface area contributed by atoms with E-state index >= 15 is 0 Å². The molecule has 0 aliphatic carbocycles.